The van der Waals surface area contributed by atoms with Gasteiger partial charge < -0.3 is 9.47 Å². The minimum absolute atomic E-state index is 0.0246. The van der Waals surface area contributed by atoms with E-state index in [0.29, 0.717) is 18.2 Å². The van der Waals surface area contributed by atoms with Gasteiger partial charge >= 0.3 is 5.97 Å². The zero-order valence-electron chi connectivity index (χ0n) is 14.1. The number of morpholine rings is 1. The summed E-state index contributed by atoms with van der Waals surface area (Å²) in [5, 5.41) is 0. The Kier molecular flexibility index (Phi) is 5.28. The molecule has 2 atom stereocenters. The van der Waals surface area contributed by atoms with Crippen molar-refractivity contribution < 1.29 is 14.3 Å². The molecular weight excluding hydrogens is 302 g/mol. The zero-order chi connectivity index (χ0) is 16.9. The van der Waals surface area contributed by atoms with Crippen LogP contribution in [-0.2, 0) is 16.0 Å². The summed E-state index contributed by atoms with van der Waals surface area (Å²) in [5.74, 6) is -0.314. The molecule has 0 saturated carbocycles. The quantitative estimate of drug-likeness (QED) is 0.807. The lowest BCUT2D eigenvalue weighted by Gasteiger charge is -2.38. The summed E-state index contributed by atoms with van der Waals surface area (Å²) in [6, 6.07) is 18.4. The molecule has 0 N–H and O–H groups in total. The summed E-state index contributed by atoms with van der Waals surface area (Å²) in [6.45, 7) is 4.66. The van der Waals surface area contributed by atoms with Crippen LogP contribution in [0.4, 0.5) is 0 Å². The van der Waals surface area contributed by atoms with E-state index >= 15 is 0 Å². The molecule has 2 aromatic rings. The standard InChI is InChI=1S/C20H23NO3/c1-15-14-24-19(13-21(15)12-16-6-4-3-5-7-16)17-8-10-18(11-9-17)20(22)23-2/h3-11,15,19H,12-14H2,1-2H3/t15-,19+/m1/s1. The Morgan fingerprint density at radius 3 is 2.54 bits per heavy atom. The Labute approximate surface area is 143 Å². The average molecular weight is 325 g/mol. The maximum Gasteiger partial charge on any atom is 0.337 e. The molecule has 1 heterocycles. The largest absolute Gasteiger partial charge is 0.465 e. The molecule has 4 nitrogen and oxygen atoms in total. The monoisotopic (exact) mass is 325 g/mol. The molecule has 0 aliphatic carbocycles. The number of rotatable bonds is 4. The van der Waals surface area contributed by atoms with E-state index < -0.39 is 0 Å². The lowest BCUT2D eigenvalue weighted by atomic mass is 10.0. The molecule has 0 spiro atoms. The lowest BCUT2D eigenvalue weighted by molar-refractivity contribution is -0.0633. The molecular formula is C20H23NO3. The van der Waals surface area contributed by atoms with Crippen molar-refractivity contribution in [1.29, 1.82) is 0 Å². The number of carbonyl (C=O) groups is 1. The maximum absolute atomic E-state index is 11.5. The van der Waals surface area contributed by atoms with Gasteiger partial charge in [0.2, 0.25) is 0 Å². The number of ether oxygens (including phenoxy) is 2. The Hall–Kier alpha value is -2.17. The first-order valence-corrected chi connectivity index (χ1v) is 8.25. The Morgan fingerprint density at radius 2 is 1.88 bits per heavy atom. The van der Waals surface area contributed by atoms with E-state index in [-0.39, 0.29) is 12.1 Å². The van der Waals surface area contributed by atoms with Crippen molar-refractivity contribution in [3.63, 3.8) is 0 Å². The second-order valence-corrected chi connectivity index (χ2v) is 6.20. The first-order chi connectivity index (χ1) is 11.7. The smallest absolute Gasteiger partial charge is 0.337 e. The summed E-state index contributed by atoms with van der Waals surface area (Å²) < 4.78 is 10.8. The minimum Gasteiger partial charge on any atom is -0.465 e. The van der Waals surface area contributed by atoms with Crippen molar-refractivity contribution in [2.75, 3.05) is 20.3 Å². The van der Waals surface area contributed by atoms with Crippen LogP contribution in [-0.4, -0.2) is 37.2 Å². The highest BCUT2D eigenvalue weighted by Crippen LogP contribution is 2.26. The molecule has 0 radical (unpaired) electrons. The van der Waals surface area contributed by atoms with Gasteiger partial charge in [-0.2, -0.15) is 0 Å². The summed E-state index contributed by atoms with van der Waals surface area (Å²) >= 11 is 0. The van der Waals surface area contributed by atoms with Gasteiger partial charge in [-0.05, 0) is 30.2 Å². The van der Waals surface area contributed by atoms with E-state index in [4.69, 9.17) is 9.47 Å². The Balaban J connectivity index is 1.69. The van der Waals surface area contributed by atoms with Crippen LogP contribution in [0.2, 0.25) is 0 Å². The van der Waals surface area contributed by atoms with E-state index in [9.17, 15) is 4.79 Å². The molecule has 24 heavy (non-hydrogen) atoms. The maximum atomic E-state index is 11.5. The molecule has 0 aromatic heterocycles. The van der Waals surface area contributed by atoms with Gasteiger partial charge in [-0.3, -0.25) is 4.90 Å². The SMILES string of the molecule is COC(=O)c1ccc([C@@H]2CN(Cc3ccccc3)[C@H](C)CO2)cc1. The van der Waals surface area contributed by atoms with Crippen molar-refractivity contribution in [3.8, 4) is 0 Å². The molecule has 3 rings (SSSR count). The van der Waals surface area contributed by atoms with E-state index in [2.05, 4.69) is 36.1 Å². The topological polar surface area (TPSA) is 38.8 Å². The molecule has 1 fully saturated rings. The van der Waals surface area contributed by atoms with Gasteiger partial charge in [-0.25, -0.2) is 4.79 Å². The van der Waals surface area contributed by atoms with Gasteiger partial charge in [0.05, 0.1) is 25.4 Å². The fourth-order valence-corrected chi connectivity index (χ4v) is 3.00. The minimum atomic E-state index is -0.314. The molecule has 1 saturated heterocycles. The van der Waals surface area contributed by atoms with E-state index in [1.165, 1.54) is 12.7 Å². The van der Waals surface area contributed by atoms with Crippen molar-refractivity contribution in [1.82, 2.24) is 4.90 Å². The molecule has 2 aromatic carbocycles. The second kappa shape index (κ2) is 7.60. The molecule has 126 valence electrons. The average Bonchev–Trinajstić information content (AvgIpc) is 2.64. The van der Waals surface area contributed by atoms with Crippen LogP contribution in [0.1, 0.15) is 34.5 Å². The van der Waals surface area contributed by atoms with Crippen LogP contribution >= 0.6 is 0 Å². The predicted molar refractivity (Wildman–Crippen MR) is 92.8 cm³/mol. The van der Waals surface area contributed by atoms with Crippen molar-refractivity contribution in [2.24, 2.45) is 0 Å². The zero-order valence-corrected chi connectivity index (χ0v) is 14.1. The fourth-order valence-electron chi connectivity index (χ4n) is 3.00. The first kappa shape index (κ1) is 16.7. The summed E-state index contributed by atoms with van der Waals surface area (Å²) in [6.07, 6.45) is 0.0246. The number of esters is 1. The highest BCUT2D eigenvalue weighted by atomic mass is 16.5. The van der Waals surface area contributed by atoms with Crippen LogP contribution in [0.25, 0.3) is 0 Å². The third kappa shape index (κ3) is 3.83. The number of hydrogen-bond donors (Lipinski definition) is 0. The summed E-state index contributed by atoms with van der Waals surface area (Å²) in [5.41, 5.74) is 2.96. The summed E-state index contributed by atoms with van der Waals surface area (Å²) in [4.78, 5) is 14.0. The third-order valence-corrected chi connectivity index (χ3v) is 4.49. The normalized spacial score (nSPS) is 21.4. The van der Waals surface area contributed by atoms with Crippen molar-refractivity contribution >= 4 is 5.97 Å². The highest BCUT2D eigenvalue weighted by molar-refractivity contribution is 5.89. The molecule has 0 unspecified atom stereocenters. The predicted octanol–water partition coefficient (Wildman–Crippen LogP) is 3.44. The van der Waals surface area contributed by atoms with E-state index in [1.54, 1.807) is 12.1 Å². The van der Waals surface area contributed by atoms with Gasteiger partial charge in [-0.1, -0.05) is 42.5 Å². The van der Waals surface area contributed by atoms with Gasteiger partial charge in [0.1, 0.15) is 0 Å². The Morgan fingerprint density at radius 1 is 1.17 bits per heavy atom. The van der Waals surface area contributed by atoms with Crippen LogP contribution in [0.5, 0.6) is 0 Å². The summed E-state index contributed by atoms with van der Waals surface area (Å²) in [7, 11) is 1.39. The van der Waals surface area contributed by atoms with E-state index in [0.717, 1.165) is 18.7 Å². The van der Waals surface area contributed by atoms with Crippen LogP contribution in [0.15, 0.2) is 54.6 Å². The van der Waals surface area contributed by atoms with Gasteiger partial charge in [0, 0.05) is 19.1 Å². The molecule has 1 aliphatic rings. The fraction of sp³-hybridized carbons (Fsp3) is 0.350. The third-order valence-electron chi connectivity index (χ3n) is 4.49. The second-order valence-electron chi connectivity index (χ2n) is 6.20. The Bertz CT molecular complexity index is 669. The highest BCUT2D eigenvalue weighted by Gasteiger charge is 2.27. The molecule has 4 heteroatoms. The number of methoxy groups -OCH3 is 1. The molecule has 0 amide bonds. The first-order valence-electron chi connectivity index (χ1n) is 8.25. The number of benzene rings is 2. The number of nitrogens with zero attached hydrogens (tertiary/aromatic N) is 1. The number of hydrogen-bond acceptors (Lipinski definition) is 4. The van der Waals surface area contributed by atoms with Gasteiger partial charge in [-0.15, -0.1) is 0 Å². The lowest BCUT2D eigenvalue weighted by Crippen LogP contribution is -2.44. The number of carbonyl (C=O) groups excluding carboxylic acids is 1. The van der Waals surface area contributed by atoms with Crippen molar-refractivity contribution in [2.45, 2.75) is 25.6 Å². The van der Waals surface area contributed by atoms with Crippen LogP contribution < -0.4 is 0 Å². The molecule has 0 bridgehead atoms. The van der Waals surface area contributed by atoms with Crippen LogP contribution in [0.3, 0.4) is 0 Å². The van der Waals surface area contributed by atoms with E-state index in [1.807, 2.05) is 18.2 Å². The van der Waals surface area contributed by atoms with Gasteiger partial charge in [0.25, 0.3) is 0 Å². The molecule has 1 aliphatic heterocycles. The van der Waals surface area contributed by atoms with Crippen molar-refractivity contribution in [3.05, 3.63) is 71.3 Å². The van der Waals surface area contributed by atoms with Crippen LogP contribution in [0, 0.1) is 0 Å². The van der Waals surface area contributed by atoms with Gasteiger partial charge in [0.15, 0.2) is 0 Å².